The maximum Gasteiger partial charge on any atom is 0.408 e. The lowest BCUT2D eigenvalue weighted by Gasteiger charge is -2.31. The van der Waals surface area contributed by atoms with Gasteiger partial charge in [-0.2, -0.15) is 0 Å². The molecule has 1 saturated heterocycles. The zero-order chi connectivity index (χ0) is 27.7. The predicted octanol–water partition coefficient (Wildman–Crippen LogP) is 3.99. The van der Waals surface area contributed by atoms with Crippen molar-refractivity contribution in [3.8, 4) is 5.69 Å². The number of anilines is 1. The van der Waals surface area contributed by atoms with Gasteiger partial charge in [-0.1, -0.05) is 0 Å². The number of carboxylic acids is 1. The van der Waals surface area contributed by atoms with Crippen LogP contribution >= 0.6 is 0 Å². The molecule has 3 heterocycles. The van der Waals surface area contributed by atoms with Crippen LogP contribution in [0.2, 0.25) is 0 Å². The number of nitrogens with one attached hydrogen (secondary N) is 1. The number of ether oxygens (including phenoxy) is 1. The molecule has 0 radical (unpaired) electrons. The molecule has 1 aliphatic carbocycles. The van der Waals surface area contributed by atoms with Crippen LogP contribution in [-0.2, 0) is 4.74 Å². The number of carbonyl (C=O) groups excluding carboxylic acids is 1. The summed E-state index contributed by atoms with van der Waals surface area (Å²) in [5.74, 6) is -4.53. The number of carbonyl (C=O) groups is 2. The maximum atomic E-state index is 15.4. The van der Waals surface area contributed by atoms with Gasteiger partial charge in [-0.25, -0.2) is 27.7 Å². The predicted molar refractivity (Wildman–Crippen MR) is 131 cm³/mol. The Balaban J connectivity index is 1.61. The van der Waals surface area contributed by atoms with Gasteiger partial charge in [-0.15, -0.1) is 0 Å². The molecule has 1 aromatic carbocycles. The molecule has 1 amide bonds. The zero-order valence-corrected chi connectivity index (χ0v) is 21.0. The fourth-order valence-electron chi connectivity index (χ4n) is 5.21. The van der Waals surface area contributed by atoms with Gasteiger partial charge < -0.3 is 20.1 Å². The van der Waals surface area contributed by atoms with Crippen LogP contribution in [-0.4, -0.2) is 50.4 Å². The molecule has 2 fully saturated rings. The molecule has 2 N–H and O–H groups in total. The highest BCUT2D eigenvalue weighted by Crippen LogP contribution is 2.54. The van der Waals surface area contributed by atoms with Gasteiger partial charge in [0.2, 0.25) is 5.43 Å². The highest BCUT2D eigenvalue weighted by molar-refractivity contribution is 5.92. The molecular formula is C26H25F3N4O5. The molecule has 0 spiro atoms. The third-order valence-corrected chi connectivity index (χ3v) is 7.10. The molecule has 1 aliphatic heterocycles. The molecule has 0 unspecified atom stereocenters. The zero-order valence-electron chi connectivity index (χ0n) is 21.0. The van der Waals surface area contributed by atoms with E-state index in [1.165, 1.54) is 0 Å². The fraction of sp³-hybridized carbons (Fsp3) is 0.385. The largest absolute Gasteiger partial charge is 0.477 e. The average molecular weight is 531 g/mol. The number of aromatic nitrogens is 2. The number of alkyl carbamates (subject to hydrolysis) is 1. The van der Waals surface area contributed by atoms with Gasteiger partial charge in [0.05, 0.1) is 22.7 Å². The lowest BCUT2D eigenvalue weighted by molar-refractivity contribution is 0.0489. The quantitative estimate of drug-likeness (QED) is 0.524. The minimum absolute atomic E-state index is 0.00645. The van der Waals surface area contributed by atoms with Gasteiger partial charge >= 0.3 is 12.1 Å². The number of piperidine rings is 1. The van der Waals surface area contributed by atoms with Crippen LogP contribution in [0, 0.1) is 23.4 Å². The van der Waals surface area contributed by atoms with E-state index in [4.69, 9.17) is 4.74 Å². The Labute approximate surface area is 214 Å². The second-order valence-electron chi connectivity index (χ2n) is 10.7. The Morgan fingerprint density at radius 2 is 1.89 bits per heavy atom. The number of rotatable bonds is 4. The van der Waals surface area contributed by atoms with Crippen molar-refractivity contribution in [1.82, 2.24) is 14.9 Å². The monoisotopic (exact) mass is 530 g/mol. The van der Waals surface area contributed by atoms with Gasteiger partial charge in [-0.05, 0) is 52.3 Å². The van der Waals surface area contributed by atoms with Crippen molar-refractivity contribution < 1.29 is 32.6 Å². The first kappa shape index (κ1) is 25.6. The van der Waals surface area contributed by atoms with Crippen LogP contribution in [0.5, 0.6) is 0 Å². The second-order valence-corrected chi connectivity index (χ2v) is 10.7. The molecule has 0 bridgehead atoms. The van der Waals surface area contributed by atoms with E-state index >= 15 is 4.39 Å². The lowest BCUT2D eigenvalue weighted by Crippen LogP contribution is -2.50. The number of aromatic carboxylic acids is 1. The Morgan fingerprint density at radius 3 is 2.53 bits per heavy atom. The third kappa shape index (κ3) is 4.13. The van der Waals surface area contributed by atoms with Crippen molar-refractivity contribution >= 4 is 28.9 Å². The van der Waals surface area contributed by atoms with Crippen LogP contribution in [0.1, 0.15) is 44.5 Å². The molecule has 2 aromatic heterocycles. The minimum Gasteiger partial charge on any atom is -0.477 e. The van der Waals surface area contributed by atoms with E-state index in [1.807, 2.05) is 0 Å². The Bertz CT molecular complexity index is 1570. The summed E-state index contributed by atoms with van der Waals surface area (Å²) in [7, 11) is 0. The minimum atomic E-state index is -1.60. The van der Waals surface area contributed by atoms with Gasteiger partial charge in [-0.3, -0.25) is 9.36 Å². The molecule has 5 rings (SSSR count). The summed E-state index contributed by atoms with van der Waals surface area (Å²) in [5.41, 5.74) is -3.57. The summed E-state index contributed by atoms with van der Waals surface area (Å²) in [6.07, 6.45) is 0.948. The number of fused-ring (bicyclic) bond motifs is 2. The summed E-state index contributed by atoms with van der Waals surface area (Å²) < 4.78 is 50.1. The van der Waals surface area contributed by atoms with E-state index in [-0.39, 0.29) is 28.5 Å². The summed E-state index contributed by atoms with van der Waals surface area (Å²) in [6.45, 7) is 7.37. The highest BCUT2D eigenvalue weighted by atomic mass is 19.1. The van der Waals surface area contributed by atoms with Crippen LogP contribution < -0.4 is 15.6 Å². The van der Waals surface area contributed by atoms with E-state index in [1.54, 1.807) is 32.6 Å². The van der Waals surface area contributed by atoms with Crippen molar-refractivity contribution in [1.29, 1.82) is 0 Å². The van der Waals surface area contributed by atoms with E-state index in [0.717, 1.165) is 29.0 Å². The maximum absolute atomic E-state index is 15.4. The van der Waals surface area contributed by atoms with Crippen molar-refractivity contribution in [2.24, 2.45) is 5.92 Å². The topological polar surface area (TPSA) is 114 Å². The molecule has 9 nitrogen and oxygen atoms in total. The molecule has 12 heteroatoms. The molecule has 3 aromatic rings. The van der Waals surface area contributed by atoms with Crippen LogP contribution in [0.15, 0.2) is 35.3 Å². The van der Waals surface area contributed by atoms with Crippen molar-refractivity contribution in [3.63, 3.8) is 0 Å². The van der Waals surface area contributed by atoms with E-state index in [2.05, 4.69) is 10.3 Å². The SMILES string of the molecule is C[C@@H]1N(c2nc3c(cc2F)c(=O)c(C(=O)O)cn3-c2ccc(F)cc2F)C[C@H]2C[C@]21NC(=O)OC(C)(C)C. The number of amides is 1. The van der Waals surface area contributed by atoms with Crippen molar-refractivity contribution in [2.45, 2.75) is 51.3 Å². The van der Waals surface area contributed by atoms with Crippen LogP contribution in [0.4, 0.5) is 23.8 Å². The smallest absolute Gasteiger partial charge is 0.408 e. The van der Waals surface area contributed by atoms with Crippen LogP contribution in [0.25, 0.3) is 16.7 Å². The van der Waals surface area contributed by atoms with Gasteiger partial charge in [0.25, 0.3) is 0 Å². The third-order valence-electron chi connectivity index (χ3n) is 7.10. The van der Waals surface area contributed by atoms with Crippen molar-refractivity contribution in [2.75, 3.05) is 11.4 Å². The number of halogens is 3. The van der Waals surface area contributed by atoms with Gasteiger partial charge in [0.1, 0.15) is 22.8 Å². The molecule has 1 saturated carbocycles. The van der Waals surface area contributed by atoms with E-state index < -0.39 is 57.7 Å². The molecule has 38 heavy (non-hydrogen) atoms. The Kier molecular flexibility index (Phi) is 5.69. The summed E-state index contributed by atoms with van der Waals surface area (Å²) in [5, 5.41) is 12.0. The number of benzene rings is 1. The van der Waals surface area contributed by atoms with Crippen LogP contribution in [0.3, 0.4) is 0 Å². The first-order chi connectivity index (χ1) is 17.7. The normalized spacial score (nSPS) is 22.3. The molecule has 200 valence electrons. The highest BCUT2D eigenvalue weighted by Gasteiger charge is 2.66. The average Bonchev–Trinajstić information content (AvgIpc) is 3.42. The number of carboxylic acid groups (broad SMARTS) is 1. The first-order valence-corrected chi connectivity index (χ1v) is 11.9. The van der Waals surface area contributed by atoms with E-state index in [9.17, 15) is 28.3 Å². The second kappa shape index (κ2) is 8.47. The van der Waals surface area contributed by atoms with Crippen molar-refractivity contribution in [3.05, 3.63) is 63.7 Å². The summed E-state index contributed by atoms with van der Waals surface area (Å²) in [6, 6.07) is 3.09. The number of hydrogen-bond acceptors (Lipinski definition) is 6. The van der Waals surface area contributed by atoms with Gasteiger partial charge in [0, 0.05) is 24.7 Å². The number of pyridine rings is 2. The molecular weight excluding hydrogens is 505 g/mol. The summed E-state index contributed by atoms with van der Waals surface area (Å²) in [4.78, 5) is 43.0. The molecule has 3 atom stereocenters. The number of nitrogens with zero attached hydrogens (tertiary/aromatic N) is 3. The summed E-state index contributed by atoms with van der Waals surface area (Å²) >= 11 is 0. The standard InChI is InChI=1S/C26H25F3N4O5/c1-12-26(31-24(37)38-25(2,3)4)9-13(26)10-32(12)22-18(29)8-15-20(34)16(23(35)36)11-33(21(15)30-22)19-6-5-14(27)7-17(19)28/h5-8,11-13H,9-10H2,1-4H3,(H,31,37)(H,35,36)/t12-,13+,26+/m0/s1. The number of hydrogen-bond donors (Lipinski definition) is 2. The Hall–Kier alpha value is -4.09. The lowest BCUT2D eigenvalue weighted by atomic mass is 10.1. The first-order valence-electron chi connectivity index (χ1n) is 11.9. The fourth-order valence-corrected chi connectivity index (χ4v) is 5.21. The Morgan fingerprint density at radius 1 is 1.18 bits per heavy atom. The molecule has 2 aliphatic rings. The van der Waals surface area contributed by atoms with Gasteiger partial charge in [0.15, 0.2) is 17.3 Å². The van der Waals surface area contributed by atoms with E-state index in [0.29, 0.717) is 19.0 Å².